The first-order valence-corrected chi connectivity index (χ1v) is 13.5. The van der Waals surface area contributed by atoms with Crippen LogP contribution in [0.15, 0.2) is 78.9 Å². The fourth-order valence-corrected chi connectivity index (χ4v) is 5.49. The number of fused-ring (bicyclic) bond motifs is 3. The smallest absolute Gasteiger partial charge is 0.245 e. The Labute approximate surface area is 232 Å². The van der Waals surface area contributed by atoms with Crippen molar-refractivity contribution in [3.05, 3.63) is 107 Å². The number of nitriles is 1. The van der Waals surface area contributed by atoms with E-state index in [0.717, 1.165) is 58.8 Å². The fourth-order valence-electron chi connectivity index (χ4n) is 5.49. The van der Waals surface area contributed by atoms with Gasteiger partial charge >= 0.3 is 0 Å². The third-order valence-corrected chi connectivity index (χ3v) is 7.58. The van der Waals surface area contributed by atoms with Crippen LogP contribution in [-0.4, -0.2) is 52.7 Å². The van der Waals surface area contributed by atoms with Gasteiger partial charge in [-0.05, 0) is 28.8 Å². The SMILES string of the molecule is N#CC(C(=O)NCc1ccccc1CN1CCOCC1)C(=O)c1nn(-c2ccccc2)c2c1Cc1ccccc1-2. The van der Waals surface area contributed by atoms with Crippen molar-refractivity contribution >= 4 is 11.7 Å². The maximum absolute atomic E-state index is 13.7. The molecule has 6 rings (SSSR count). The summed E-state index contributed by atoms with van der Waals surface area (Å²) < 4.78 is 7.20. The molecule has 1 saturated heterocycles. The molecule has 200 valence electrons. The van der Waals surface area contributed by atoms with E-state index in [0.29, 0.717) is 19.6 Å². The monoisotopic (exact) mass is 531 g/mol. The molecule has 2 heterocycles. The van der Waals surface area contributed by atoms with Crippen LogP contribution in [0.2, 0.25) is 0 Å². The number of ketones is 1. The van der Waals surface area contributed by atoms with Crippen molar-refractivity contribution in [1.29, 1.82) is 5.26 Å². The number of hydrogen-bond acceptors (Lipinski definition) is 6. The molecule has 1 fully saturated rings. The van der Waals surface area contributed by atoms with Crippen molar-refractivity contribution in [3.8, 4) is 23.0 Å². The van der Waals surface area contributed by atoms with Crippen molar-refractivity contribution in [1.82, 2.24) is 20.0 Å². The maximum atomic E-state index is 13.7. The number of Topliss-reactive ketones (excluding diaryl/α,β-unsaturated/α-hetero) is 1. The third-order valence-electron chi connectivity index (χ3n) is 7.58. The lowest BCUT2D eigenvalue weighted by Gasteiger charge is -2.27. The summed E-state index contributed by atoms with van der Waals surface area (Å²) in [6.45, 7) is 4.11. The first kappa shape index (κ1) is 25.7. The van der Waals surface area contributed by atoms with Gasteiger partial charge in [0.2, 0.25) is 11.7 Å². The number of nitrogens with one attached hydrogen (secondary N) is 1. The van der Waals surface area contributed by atoms with Gasteiger partial charge in [-0.3, -0.25) is 14.5 Å². The van der Waals surface area contributed by atoms with E-state index in [9.17, 15) is 14.9 Å². The standard InChI is InChI=1S/C32H29N5O3/c33-19-28(32(39)34-20-23-9-4-5-10-24(23)21-36-14-16-40-17-15-36)31(38)29-27-18-22-8-6-7-13-26(22)30(27)37(35-29)25-11-2-1-3-12-25/h1-13,28H,14-18,20-21H2,(H,34,39). The molecule has 8 nitrogen and oxygen atoms in total. The van der Waals surface area contributed by atoms with Gasteiger partial charge in [0.15, 0.2) is 5.92 Å². The molecule has 1 N–H and O–H groups in total. The summed E-state index contributed by atoms with van der Waals surface area (Å²) in [5, 5.41) is 17.5. The predicted octanol–water partition coefficient (Wildman–Crippen LogP) is 3.91. The van der Waals surface area contributed by atoms with Gasteiger partial charge < -0.3 is 10.1 Å². The zero-order valence-electron chi connectivity index (χ0n) is 22.0. The van der Waals surface area contributed by atoms with Gasteiger partial charge in [0.05, 0.1) is 30.7 Å². The quantitative estimate of drug-likeness (QED) is 0.241. The Morgan fingerprint density at radius 1 is 0.950 bits per heavy atom. The lowest BCUT2D eigenvalue weighted by Crippen LogP contribution is -2.37. The summed E-state index contributed by atoms with van der Waals surface area (Å²) in [5.41, 5.74) is 6.70. The van der Waals surface area contributed by atoms with Crippen molar-refractivity contribution < 1.29 is 14.3 Å². The number of rotatable bonds is 8. The van der Waals surface area contributed by atoms with Crippen LogP contribution >= 0.6 is 0 Å². The highest BCUT2D eigenvalue weighted by molar-refractivity contribution is 6.12. The van der Waals surface area contributed by atoms with Crippen molar-refractivity contribution in [2.75, 3.05) is 26.3 Å². The van der Waals surface area contributed by atoms with E-state index in [1.807, 2.05) is 84.9 Å². The molecule has 1 aliphatic heterocycles. The van der Waals surface area contributed by atoms with Gasteiger partial charge in [-0.25, -0.2) is 4.68 Å². The number of nitrogens with zero attached hydrogens (tertiary/aromatic N) is 4. The van der Waals surface area contributed by atoms with Crippen LogP contribution in [0.4, 0.5) is 0 Å². The zero-order valence-corrected chi connectivity index (χ0v) is 22.0. The van der Waals surface area contributed by atoms with Crippen molar-refractivity contribution in [2.45, 2.75) is 19.5 Å². The van der Waals surface area contributed by atoms with E-state index in [4.69, 9.17) is 4.74 Å². The molecule has 1 atom stereocenters. The minimum Gasteiger partial charge on any atom is -0.379 e. The second-order valence-electron chi connectivity index (χ2n) is 10.1. The number of benzene rings is 3. The number of carbonyl (C=O) groups excluding carboxylic acids is 2. The van der Waals surface area contributed by atoms with Crippen LogP contribution in [0, 0.1) is 17.2 Å². The molecule has 1 unspecified atom stereocenters. The lowest BCUT2D eigenvalue weighted by molar-refractivity contribution is -0.122. The average Bonchev–Trinajstić information content (AvgIpc) is 3.56. The van der Waals surface area contributed by atoms with E-state index >= 15 is 0 Å². The minimum absolute atomic E-state index is 0.171. The first-order valence-electron chi connectivity index (χ1n) is 13.5. The highest BCUT2D eigenvalue weighted by Gasteiger charge is 2.36. The fraction of sp³-hybridized carbons (Fsp3) is 0.250. The van der Waals surface area contributed by atoms with Gasteiger partial charge in [-0.15, -0.1) is 0 Å². The number of para-hydroxylation sites is 1. The molecular weight excluding hydrogens is 502 g/mol. The number of aromatic nitrogens is 2. The van der Waals surface area contributed by atoms with Crippen LogP contribution in [0.25, 0.3) is 16.9 Å². The molecule has 2 aliphatic rings. The molecule has 1 amide bonds. The van der Waals surface area contributed by atoms with E-state index < -0.39 is 17.6 Å². The van der Waals surface area contributed by atoms with Gasteiger partial charge in [-0.1, -0.05) is 66.7 Å². The summed E-state index contributed by atoms with van der Waals surface area (Å²) in [4.78, 5) is 29.3. The summed E-state index contributed by atoms with van der Waals surface area (Å²) in [6, 6.07) is 27.4. The van der Waals surface area contributed by atoms with E-state index in [1.54, 1.807) is 4.68 Å². The summed E-state index contributed by atoms with van der Waals surface area (Å²) in [5.74, 6) is -2.70. The zero-order chi connectivity index (χ0) is 27.5. The number of ether oxygens (including phenoxy) is 1. The number of hydrogen-bond donors (Lipinski definition) is 1. The first-order chi connectivity index (χ1) is 19.6. The van der Waals surface area contributed by atoms with E-state index in [2.05, 4.69) is 15.3 Å². The molecule has 3 aromatic carbocycles. The molecular formula is C32H29N5O3. The normalized spacial score (nSPS) is 15.1. The minimum atomic E-state index is -1.50. The highest BCUT2D eigenvalue weighted by atomic mass is 16.5. The van der Waals surface area contributed by atoms with Crippen molar-refractivity contribution in [3.63, 3.8) is 0 Å². The Balaban J connectivity index is 1.24. The Morgan fingerprint density at radius 2 is 1.65 bits per heavy atom. The molecule has 1 aromatic heterocycles. The molecule has 0 radical (unpaired) electrons. The molecule has 40 heavy (non-hydrogen) atoms. The predicted molar refractivity (Wildman–Crippen MR) is 150 cm³/mol. The molecule has 8 heteroatoms. The Morgan fingerprint density at radius 3 is 2.42 bits per heavy atom. The van der Waals surface area contributed by atoms with Crippen LogP contribution < -0.4 is 5.32 Å². The Hall–Kier alpha value is -4.58. The van der Waals surface area contributed by atoms with Crippen LogP contribution in [0.3, 0.4) is 0 Å². The summed E-state index contributed by atoms with van der Waals surface area (Å²) >= 11 is 0. The summed E-state index contributed by atoms with van der Waals surface area (Å²) in [6.07, 6.45) is 0.522. The largest absolute Gasteiger partial charge is 0.379 e. The summed E-state index contributed by atoms with van der Waals surface area (Å²) in [7, 11) is 0. The average molecular weight is 532 g/mol. The van der Waals surface area contributed by atoms with E-state index in [-0.39, 0.29) is 12.2 Å². The number of carbonyl (C=O) groups is 2. The molecule has 0 spiro atoms. The van der Waals surface area contributed by atoms with Crippen molar-refractivity contribution in [2.24, 2.45) is 5.92 Å². The molecule has 0 bridgehead atoms. The molecule has 4 aromatic rings. The Kier molecular flexibility index (Phi) is 7.23. The Bertz CT molecular complexity index is 1600. The van der Waals surface area contributed by atoms with E-state index in [1.165, 1.54) is 0 Å². The van der Waals surface area contributed by atoms with Gasteiger partial charge in [0, 0.05) is 43.7 Å². The van der Waals surface area contributed by atoms with Crippen LogP contribution in [-0.2, 0) is 29.0 Å². The van der Waals surface area contributed by atoms with Crippen LogP contribution in [0.5, 0.6) is 0 Å². The van der Waals surface area contributed by atoms with Crippen LogP contribution in [0.1, 0.15) is 32.7 Å². The number of morpholine rings is 1. The van der Waals surface area contributed by atoms with Gasteiger partial charge in [0.1, 0.15) is 5.69 Å². The maximum Gasteiger partial charge on any atom is 0.245 e. The highest BCUT2D eigenvalue weighted by Crippen LogP contribution is 2.40. The third kappa shape index (κ3) is 4.93. The number of amides is 1. The van der Waals surface area contributed by atoms with Gasteiger partial charge in [-0.2, -0.15) is 10.4 Å². The lowest BCUT2D eigenvalue weighted by atomic mass is 9.98. The van der Waals surface area contributed by atoms with Gasteiger partial charge in [0.25, 0.3) is 0 Å². The second-order valence-corrected chi connectivity index (χ2v) is 10.1. The molecule has 1 aliphatic carbocycles. The second kappa shape index (κ2) is 11.3. The molecule has 0 saturated carbocycles. The topological polar surface area (TPSA) is 100 Å².